The average molecular weight is 370 g/mol. The predicted molar refractivity (Wildman–Crippen MR) is 111 cm³/mol. The smallest absolute Gasteiger partial charge is 0.319 e. The minimum atomic E-state index is -0.311. The molecule has 0 aromatic heterocycles. The maximum atomic E-state index is 12.0. The summed E-state index contributed by atoms with van der Waals surface area (Å²) in [6, 6.07) is 9.05. The second-order valence-corrected chi connectivity index (χ2v) is 9.60. The highest BCUT2D eigenvalue weighted by molar-refractivity contribution is 5.92. The molecule has 2 saturated carbocycles. The van der Waals surface area contributed by atoms with Crippen LogP contribution in [0.1, 0.15) is 64.8 Å². The van der Waals surface area contributed by atoms with Crippen molar-refractivity contribution in [3.63, 3.8) is 0 Å². The van der Waals surface area contributed by atoms with E-state index in [4.69, 9.17) is 5.73 Å². The molecule has 4 aliphatic rings. The first-order valence-corrected chi connectivity index (χ1v) is 11.1. The molecule has 2 heterocycles. The normalized spacial score (nSPS) is 32.9. The van der Waals surface area contributed by atoms with E-state index in [2.05, 4.69) is 23.1 Å². The van der Waals surface area contributed by atoms with Crippen LogP contribution in [0.2, 0.25) is 0 Å². The summed E-state index contributed by atoms with van der Waals surface area (Å²) in [4.78, 5) is 16.6. The lowest BCUT2D eigenvalue weighted by molar-refractivity contribution is 0.0724. The molecule has 2 N–H and O–H groups in total. The molecular formula is C23H35N3O. The summed E-state index contributed by atoms with van der Waals surface area (Å²) in [6.07, 6.45) is 12.0. The number of rotatable bonds is 1. The molecule has 2 amide bonds. The summed E-state index contributed by atoms with van der Waals surface area (Å²) in [5, 5.41) is 0. The Morgan fingerprint density at radius 2 is 1.70 bits per heavy atom. The molecule has 0 radical (unpaired) electrons. The lowest BCUT2D eigenvalue weighted by Crippen LogP contribution is -2.48. The number of primary amides is 1. The van der Waals surface area contributed by atoms with Crippen molar-refractivity contribution >= 4 is 11.7 Å². The number of likely N-dealkylation sites (tertiary alicyclic amines) is 1. The monoisotopic (exact) mass is 369 g/mol. The van der Waals surface area contributed by atoms with Crippen LogP contribution in [0.3, 0.4) is 0 Å². The number of carbonyl (C=O) groups is 1. The number of nitrogens with two attached hydrogens (primary N) is 1. The Morgan fingerprint density at radius 3 is 2.41 bits per heavy atom. The third-order valence-corrected chi connectivity index (χ3v) is 8.20. The van der Waals surface area contributed by atoms with Gasteiger partial charge in [0.1, 0.15) is 0 Å². The molecule has 3 fully saturated rings. The van der Waals surface area contributed by atoms with Crippen LogP contribution in [0.5, 0.6) is 0 Å². The van der Waals surface area contributed by atoms with E-state index in [0.29, 0.717) is 0 Å². The molecule has 5 rings (SSSR count). The van der Waals surface area contributed by atoms with Crippen LogP contribution in [-0.4, -0.2) is 36.6 Å². The Hall–Kier alpha value is -1.55. The first-order valence-electron chi connectivity index (χ1n) is 11.1. The number of piperidine rings is 1. The molecule has 1 aromatic carbocycles. The van der Waals surface area contributed by atoms with Crippen LogP contribution in [0.25, 0.3) is 0 Å². The Kier molecular flexibility index (Phi) is 4.42. The van der Waals surface area contributed by atoms with Crippen molar-refractivity contribution in [1.82, 2.24) is 4.90 Å². The number of carbonyl (C=O) groups excluding carboxylic acids is 1. The summed E-state index contributed by atoms with van der Waals surface area (Å²) in [5.74, 6) is 2.01. The Labute approximate surface area is 164 Å². The van der Waals surface area contributed by atoms with E-state index < -0.39 is 0 Å². The van der Waals surface area contributed by atoms with Crippen molar-refractivity contribution in [3.8, 4) is 0 Å². The van der Waals surface area contributed by atoms with Crippen LogP contribution < -0.4 is 10.6 Å². The molecule has 4 nitrogen and oxygen atoms in total. The molecule has 1 saturated heterocycles. The van der Waals surface area contributed by atoms with E-state index in [1.165, 1.54) is 70.0 Å². The number of benzene rings is 1. The third-order valence-electron chi connectivity index (χ3n) is 8.20. The van der Waals surface area contributed by atoms with Gasteiger partial charge in [-0.3, -0.25) is 4.90 Å². The largest absolute Gasteiger partial charge is 0.351 e. The second kappa shape index (κ2) is 6.80. The Bertz CT molecular complexity index is 704. The predicted octanol–water partition coefficient (Wildman–Crippen LogP) is 4.52. The zero-order valence-electron chi connectivity index (χ0n) is 16.4. The minimum absolute atomic E-state index is 0. The zero-order chi connectivity index (χ0) is 18.4. The van der Waals surface area contributed by atoms with Crippen LogP contribution in [0.15, 0.2) is 24.3 Å². The quantitative estimate of drug-likeness (QED) is 0.791. The topological polar surface area (TPSA) is 49.6 Å². The molecule has 27 heavy (non-hydrogen) atoms. The van der Waals surface area contributed by atoms with Gasteiger partial charge in [0, 0.05) is 19.7 Å². The van der Waals surface area contributed by atoms with Gasteiger partial charge in [0.2, 0.25) is 0 Å². The molecule has 1 spiro atoms. The highest BCUT2D eigenvalue weighted by Crippen LogP contribution is 2.48. The average Bonchev–Trinajstić information content (AvgIpc) is 2.94. The Balaban J connectivity index is 0.00000192. The van der Waals surface area contributed by atoms with Gasteiger partial charge in [-0.1, -0.05) is 31.0 Å². The highest BCUT2D eigenvalue weighted by Gasteiger charge is 2.43. The van der Waals surface area contributed by atoms with Gasteiger partial charge < -0.3 is 10.6 Å². The molecule has 4 heteroatoms. The van der Waals surface area contributed by atoms with E-state index >= 15 is 0 Å². The lowest BCUT2D eigenvalue weighted by atomic mass is 9.69. The SMILES string of the molecule is NC(=O)N1CCCC2(CCN(C3CC4CCC(C4)C3)CC2)c2ccccc21.[HH]. The van der Waals surface area contributed by atoms with Crippen molar-refractivity contribution in [2.45, 2.75) is 69.2 Å². The molecule has 2 bridgehead atoms. The number of nitrogens with zero attached hydrogens (tertiary/aromatic N) is 2. The van der Waals surface area contributed by atoms with Gasteiger partial charge in [-0.2, -0.15) is 0 Å². The van der Waals surface area contributed by atoms with Crippen molar-refractivity contribution < 1.29 is 6.22 Å². The van der Waals surface area contributed by atoms with E-state index in [1.807, 2.05) is 6.07 Å². The maximum absolute atomic E-state index is 12.0. The van der Waals surface area contributed by atoms with Crippen molar-refractivity contribution in [1.29, 1.82) is 0 Å². The molecular weight excluding hydrogens is 334 g/mol. The summed E-state index contributed by atoms with van der Waals surface area (Å²) < 4.78 is 0. The van der Waals surface area contributed by atoms with Crippen molar-refractivity contribution in [2.24, 2.45) is 17.6 Å². The van der Waals surface area contributed by atoms with E-state index in [-0.39, 0.29) is 12.9 Å². The van der Waals surface area contributed by atoms with Gasteiger partial charge in [0.15, 0.2) is 0 Å². The fourth-order valence-electron chi connectivity index (χ4n) is 6.82. The van der Waals surface area contributed by atoms with Gasteiger partial charge in [0.25, 0.3) is 0 Å². The summed E-state index contributed by atoms with van der Waals surface area (Å²) in [7, 11) is 0. The lowest BCUT2D eigenvalue weighted by Gasteiger charge is -2.46. The Morgan fingerprint density at radius 1 is 1.00 bits per heavy atom. The number of hydrogen-bond donors (Lipinski definition) is 1. The van der Waals surface area contributed by atoms with E-state index in [1.54, 1.807) is 4.90 Å². The molecule has 148 valence electrons. The molecule has 2 unspecified atom stereocenters. The minimum Gasteiger partial charge on any atom is -0.351 e. The van der Waals surface area contributed by atoms with Gasteiger partial charge in [-0.05, 0) is 86.9 Å². The van der Waals surface area contributed by atoms with Crippen LogP contribution in [-0.2, 0) is 5.41 Å². The van der Waals surface area contributed by atoms with Crippen molar-refractivity contribution in [3.05, 3.63) is 29.8 Å². The first kappa shape index (κ1) is 17.5. The number of para-hydroxylation sites is 1. The third kappa shape index (κ3) is 3.06. The molecule has 2 aliphatic carbocycles. The second-order valence-electron chi connectivity index (χ2n) is 9.60. The van der Waals surface area contributed by atoms with Gasteiger partial charge in [-0.15, -0.1) is 0 Å². The van der Waals surface area contributed by atoms with Crippen LogP contribution >= 0.6 is 0 Å². The van der Waals surface area contributed by atoms with Gasteiger partial charge in [0.05, 0.1) is 0 Å². The number of anilines is 1. The van der Waals surface area contributed by atoms with Crippen LogP contribution in [0.4, 0.5) is 10.5 Å². The first-order chi connectivity index (χ1) is 13.1. The van der Waals surface area contributed by atoms with Crippen LogP contribution in [0, 0.1) is 11.8 Å². The highest BCUT2D eigenvalue weighted by atomic mass is 16.2. The van der Waals surface area contributed by atoms with E-state index in [0.717, 1.165) is 36.5 Å². The standard InChI is InChI=1S/C23H33N3O.H2/c24-22(27)26-11-3-8-23(20-4-1-2-5-21(20)26)9-12-25(13-10-23)19-15-17-6-7-18(14-17)16-19;/h1-2,4-5,17-19H,3,6-16H2,(H2,24,27);1H. The summed E-state index contributed by atoms with van der Waals surface area (Å²) in [5.41, 5.74) is 8.35. The molecule has 2 aliphatic heterocycles. The van der Waals surface area contributed by atoms with Gasteiger partial charge in [-0.25, -0.2) is 4.79 Å². The number of urea groups is 1. The zero-order valence-corrected chi connectivity index (χ0v) is 16.4. The summed E-state index contributed by atoms with van der Waals surface area (Å²) >= 11 is 0. The fraction of sp³-hybridized carbons (Fsp3) is 0.696. The van der Waals surface area contributed by atoms with Crippen molar-refractivity contribution in [2.75, 3.05) is 24.5 Å². The maximum Gasteiger partial charge on any atom is 0.319 e. The van der Waals surface area contributed by atoms with E-state index in [9.17, 15) is 4.79 Å². The summed E-state index contributed by atoms with van der Waals surface area (Å²) in [6.45, 7) is 3.19. The van der Waals surface area contributed by atoms with Gasteiger partial charge >= 0.3 is 6.03 Å². The number of amides is 2. The molecule has 2 atom stereocenters. The fourth-order valence-corrected chi connectivity index (χ4v) is 6.82. The number of hydrogen-bond acceptors (Lipinski definition) is 2. The number of fused-ring (bicyclic) bond motifs is 4. The molecule has 1 aromatic rings.